The maximum atomic E-state index is 11.2. The lowest BCUT2D eigenvalue weighted by Gasteiger charge is -2.05. The van der Waals surface area contributed by atoms with Crippen molar-refractivity contribution in [3.8, 4) is 0 Å². The van der Waals surface area contributed by atoms with Crippen molar-refractivity contribution in [3.63, 3.8) is 0 Å². The molecule has 0 atom stereocenters. The van der Waals surface area contributed by atoms with Crippen molar-refractivity contribution in [2.75, 3.05) is 6.26 Å². The Morgan fingerprint density at radius 1 is 1.40 bits per heavy atom. The number of benzene rings is 1. The molecular weight excluding hydrogens is 216 g/mol. The van der Waals surface area contributed by atoms with Crippen molar-refractivity contribution in [3.05, 3.63) is 29.3 Å². The van der Waals surface area contributed by atoms with Gasteiger partial charge in [0.2, 0.25) is 0 Å². The van der Waals surface area contributed by atoms with Crippen LogP contribution in [0.2, 0.25) is 0 Å². The quantitative estimate of drug-likeness (QED) is 0.838. The topological polar surface area (TPSA) is 71.4 Å². The lowest BCUT2D eigenvalue weighted by molar-refractivity contribution is -0.136. The fourth-order valence-corrected chi connectivity index (χ4v) is 1.97. The molecule has 0 aromatic heterocycles. The summed E-state index contributed by atoms with van der Waals surface area (Å²) in [5.41, 5.74) is 1.32. The zero-order valence-corrected chi connectivity index (χ0v) is 9.34. The maximum Gasteiger partial charge on any atom is 0.307 e. The van der Waals surface area contributed by atoms with Crippen molar-refractivity contribution in [1.82, 2.24) is 0 Å². The SMILES string of the molecule is Cc1cc(S(C)(=O)=O)ccc1CC(=O)O. The Bertz CT molecular complexity index is 488. The van der Waals surface area contributed by atoms with Crippen LogP contribution in [0.4, 0.5) is 0 Å². The lowest BCUT2D eigenvalue weighted by Crippen LogP contribution is -2.04. The fourth-order valence-electron chi connectivity index (χ4n) is 1.26. The van der Waals surface area contributed by atoms with Gasteiger partial charge in [-0.15, -0.1) is 0 Å². The van der Waals surface area contributed by atoms with E-state index in [1.54, 1.807) is 13.0 Å². The zero-order chi connectivity index (χ0) is 11.6. The van der Waals surface area contributed by atoms with E-state index in [4.69, 9.17) is 5.11 Å². The van der Waals surface area contributed by atoms with E-state index in [9.17, 15) is 13.2 Å². The van der Waals surface area contributed by atoms with Gasteiger partial charge in [0.15, 0.2) is 9.84 Å². The molecule has 15 heavy (non-hydrogen) atoms. The second-order valence-electron chi connectivity index (χ2n) is 3.43. The Kier molecular flexibility index (Phi) is 3.14. The van der Waals surface area contributed by atoms with Crippen LogP contribution in [0.15, 0.2) is 23.1 Å². The highest BCUT2D eigenvalue weighted by Gasteiger charge is 2.10. The first kappa shape index (κ1) is 11.7. The number of sulfone groups is 1. The van der Waals surface area contributed by atoms with E-state index in [2.05, 4.69) is 0 Å². The van der Waals surface area contributed by atoms with E-state index in [0.717, 1.165) is 6.26 Å². The first-order valence-corrected chi connectivity index (χ1v) is 6.21. The molecule has 0 unspecified atom stereocenters. The summed E-state index contributed by atoms with van der Waals surface area (Å²) in [5, 5.41) is 8.60. The summed E-state index contributed by atoms with van der Waals surface area (Å²) < 4.78 is 22.4. The molecule has 0 heterocycles. The van der Waals surface area contributed by atoms with Gasteiger partial charge in [0.05, 0.1) is 11.3 Å². The van der Waals surface area contributed by atoms with E-state index >= 15 is 0 Å². The monoisotopic (exact) mass is 228 g/mol. The third-order valence-corrected chi connectivity index (χ3v) is 3.19. The Morgan fingerprint density at radius 3 is 2.40 bits per heavy atom. The third-order valence-electron chi connectivity index (χ3n) is 2.08. The zero-order valence-electron chi connectivity index (χ0n) is 8.52. The molecule has 0 aliphatic heterocycles. The molecule has 0 saturated heterocycles. The van der Waals surface area contributed by atoms with Gasteiger partial charge in [-0.1, -0.05) is 6.07 Å². The number of hydrogen-bond donors (Lipinski definition) is 1. The van der Waals surface area contributed by atoms with Crippen molar-refractivity contribution in [1.29, 1.82) is 0 Å². The molecule has 1 rings (SSSR count). The minimum atomic E-state index is -3.22. The minimum Gasteiger partial charge on any atom is -0.481 e. The van der Waals surface area contributed by atoms with Crippen molar-refractivity contribution >= 4 is 15.8 Å². The van der Waals surface area contributed by atoms with Crippen LogP contribution < -0.4 is 0 Å². The van der Waals surface area contributed by atoms with Gasteiger partial charge in [-0.25, -0.2) is 8.42 Å². The van der Waals surface area contributed by atoms with Crippen LogP contribution in [0.3, 0.4) is 0 Å². The normalized spacial score (nSPS) is 11.3. The number of aryl methyl sites for hydroxylation is 1. The molecular formula is C10H12O4S. The van der Waals surface area contributed by atoms with Gasteiger partial charge in [0, 0.05) is 6.26 Å². The average Bonchev–Trinajstić information content (AvgIpc) is 2.05. The molecule has 82 valence electrons. The molecule has 1 aromatic rings. The van der Waals surface area contributed by atoms with Crippen molar-refractivity contribution in [2.45, 2.75) is 18.2 Å². The molecule has 1 N–H and O–H groups in total. The highest BCUT2D eigenvalue weighted by molar-refractivity contribution is 7.90. The Balaban J connectivity index is 3.15. The van der Waals surface area contributed by atoms with Crippen molar-refractivity contribution in [2.24, 2.45) is 0 Å². The number of carbonyl (C=O) groups is 1. The Hall–Kier alpha value is -1.36. The van der Waals surface area contributed by atoms with E-state index in [0.29, 0.717) is 11.1 Å². The number of rotatable bonds is 3. The standard InChI is InChI=1S/C10H12O4S/c1-7-5-9(15(2,13)14)4-3-8(7)6-10(11)12/h3-5H,6H2,1-2H3,(H,11,12). The molecule has 4 nitrogen and oxygen atoms in total. The highest BCUT2D eigenvalue weighted by atomic mass is 32.2. The summed E-state index contributed by atoms with van der Waals surface area (Å²) in [5.74, 6) is -0.926. The van der Waals surface area contributed by atoms with E-state index in [1.807, 2.05) is 0 Å². The Morgan fingerprint density at radius 2 is 2.00 bits per heavy atom. The number of carboxylic acid groups (broad SMARTS) is 1. The maximum absolute atomic E-state index is 11.2. The number of carboxylic acids is 1. The van der Waals surface area contributed by atoms with Gasteiger partial charge in [-0.3, -0.25) is 4.79 Å². The lowest BCUT2D eigenvalue weighted by atomic mass is 10.1. The number of hydrogen-bond acceptors (Lipinski definition) is 3. The predicted octanol–water partition coefficient (Wildman–Crippen LogP) is 1.03. The summed E-state index contributed by atoms with van der Waals surface area (Å²) in [7, 11) is -3.22. The van der Waals surface area contributed by atoms with E-state index < -0.39 is 15.8 Å². The molecule has 0 spiro atoms. The summed E-state index contributed by atoms with van der Waals surface area (Å²) in [4.78, 5) is 10.7. The van der Waals surface area contributed by atoms with Crippen LogP contribution >= 0.6 is 0 Å². The largest absolute Gasteiger partial charge is 0.481 e. The first-order valence-electron chi connectivity index (χ1n) is 4.32. The summed E-state index contributed by atoms with van der Waals surface area (Å²) in [6.45, 7) is 1.70. The molecule has 0 amide bonds. The molecule has 0 aliphatic rings. The van der Waals surface area contributed by atoms with Gasteiger partial charge >= 0.3 is 5.97 Å². The Labute approximate surface area is 88.5 Å². The highest BCUT2D eigenvalue weighted by Crippen LogP contribution is 2.15. The van der Waals surface area contributed by atoms with Gasteiger partial charge in [0.25, 0.3) is 0 Å². The second kappa shape index (κ2) is 4.02. The second-order valence-corrected chi connectivity index (χ2v) is 5.45. The molecule has 0 saturated carbocycles. The minimum absolute atomic E-state index is 0.0874. The van der Waals surface area contributed by atoms with Gasteiger partial charge < -0.3 is 5.11 Å². The van der Waals surface area contributed by atoms with Crippen LogP contribution in [-0.2, 0) is 21.1 Å². The number of aliphatic carboxylic acids is 1. The summed E-state index contributed by atoms with van der Waals surface area (Å²) in [6, 6.07) is 4.47. The van der Waals surface area contributed by atoms with Crippen molar-refractivity contribution < 1.29 is 18.3 Å². The van der Waals surface area contributed by atoms with Gasteiger partial charge in [-0.2, -0.15) is 0 Å². The average molecular weight is 228 g/mol. The molecule has 0 radical (unpaired) electrons. The van der Waals surface area contributed by atoms with Crippen LogP contribution in [-0.4, -0.2) is 25.7 Å². The predicted molar refractivity (Wildman–Crippen MR) is 55.6 cm³/mol. The molecule has 0 aliphatic carbocycles. The van der Waals surface area contributed by atoms with E-state index in [-0.39, 0.29) is 11.3 Å². The van der Waals surface area contributed by atoms with E-state index in [1.165, 1.54) is 12.1 Å². The molecule has 0 bridgehead atoms. The molecule has 0 fully saturated rings. The smallest absolute Gasteiger partial charge is 0.307 e. The van der Waals surface area contributed by atoms with Crippen LogP contribution in [0.5, 0.6) is 0 Å². The fraction of sp³-hybridized carbons (Fsp3) is 0.300. The van der Waals surface area contributed by atoms with Gasteiger partial charge in [-0.05, 0) is 30.2 Å². The van der Waals surface area contributed by atoms with Crippen LogP contribution in [0, 0.1) is 6.92 Å². The molecule has 1 aromatic carbocycles. The summed E-state index contributed by atoms with van der Waals surface area (Å²) in [6.07, 6.45) is 1.04. The molecule has 5 heteroatoms. The summed E-state index contributed by atoms with van der Waals surface area (Å²) >= 11 is 0. The van der Waals surface area contributed by atoms with Crippen LogP contribution in [0.1, 0.15) is 11.1 Å². The van der Waals surface area contributed by atoms with Gasteiger partial charge in [0.1, 0.15) is 0 Å². The first-order chi connectivity index (χ1) is 6.80. The third kappa shape index (κ3) is 3.06. The van der Waals surface area contributed by atoms with Crippen LogP contribution in [0.25, 0.3) is 0 Å².